The van der Waals surface area contributed by atoms with Gasteiger partial charge in [0.2, 0.25) is 0 Å². The Morgan fingerprint density at radius 3 is 2.50 bits per heavy atom. The maximum Gasteiger partial charge on any atom is 0.306 e. The summed E-state index contributed by atoms with van der Waals surface area (Å²) >= 11 is 0. The number of carbonyl (C=O) groups is 1. The zero-order chi connectivity index (χ0) is 13.9. The van der Waals surface area contributed by atoms with E-state index in [4.69, 9.17) is 9.84 Å². The van der Waals surface area contributed by atoms with Gasteiger partial charge in [0, 0.05) is 6.26 Å². The molecule has 0 saturated heterocycles. The number of ether oxygens (including phenoxy) is 1. The van der Waals surface area contributed by atoms with Crippen molar-refractivity contribution < 1.29 is 23.1 Å². The number of rotatable bonds is 5. The number of methoxy groups -OCH3 is 1. The molecule has 100 valence electrons. The molecule has 0 amide bonds. The third-order valence-electron chi connectivity index (χ3n) is 2.61. The van der Waals surface area contributed by atoms with Gasteiger partial charge in [-0.1, -0.05) is 19.1 Å². The number of hydrogen-bond acceptors (Lipinski definition) is 4. The second kappa shape index (κ2) is 5.39. The third-order valence-corrected chi connectivity index (χ3v) is 3.73. The number of carboxylic acids is 1. The maximum atomic E-state index is 11.6. The number of hydrogen-bond donors (Lipinski definition) is 1. The fourth-order valence-corrected chi connectivity index (χ4v) is 2.54. The van der Waals surface area contributed by atoms with Gasteiger partial charge in [-0.05, 0) is 18.1 Å². The van der Waals surface area contributed by atoms with Gasteiger partial charge in [0.05, 0.1) is 13.0 Å². The Balaban J connectivity index is 3.26. The average Bonchev–Trinajstić information content (AvgIpc) is 2.27. The summed E-state index contributed by atoms with van der Waals surface area (Å²) in [5.74, 6) is -1.30. The summed E-state index contributed by atoms with van der Waals surface area (Å²) in [7, 11) is -2.02. The second-order valence-electron chi connectivity index (χ2n) is 4.16. The normalized spacial score (nSPS) is 13.1. The van der Waals surface area contributed by atoms with Crippen LogP contribution in [0.2, 0.25) is 0 Å². The van der Waals surface area contributed by atoms with Gasteiger partial charge in [0.25, 0.3) is 0 Å². The van der Waals surface area contributed by atoms with Crippen LogP contribution < -0.4 is 4.74 Å². The largest absolute Gasteiger partial charge is 0.495 e. The Morgan fingerprint density at radius 1 is 1.44 bits per heavy atom. The molecule has 1 aromatic rings. The van der Waals surface area contributed by atoms with Crippen molar-refractivity contribution >= 4 is 15.8 Å². The highest BCUT2D eigenvalue weighted by Crippen LogP contribution is 2.29. The van der Waals surface area contributed by atoms with Crippen LogP contribution in [0.1, 0.15) is 12.5 Å². The Bertz CT molecular complexity index is 548. The van der Waals surface area contributed by atoms with E-state index >= 15 is 0 Å². The highest BCUT2D eigenvalue weighted by atomic mass is 32.2. The van der Waals surface area contributed by atoms with Crippen molar-refractivity contribution in [3.05, 3.63) is 23.8 Å². The van der Waals surface area contributed by atoms with E-state index in [9.17, 15) is 13.2 Å². The predicted octanol–water partition coefficient (Wildman–Crippen LogP) is 1.36. The van der Waals surface area contributed by atoms with E-state index in [1.807, 2.05) is 0 Å². The zero-order valence-corrected chi connectivity index (χ0v) is 11.3. The lowest BCUT2D eigenvalue weighted by molar-refractivity contribution is -0.141. The first-order valence-corrected chi connectivity index (χ1v) is 7.25. The van der Waals surface area contributed by atoms with E-state index in [2.05, 4.69) is 0 Å². The van der Waals surface area contributed by atoms with Gasteiger partial charge in [-0.15, -0.1) is 0 Å². The van der Waals surface area contributed by atoms with E-state index < -0.39 is 21.7 Å². The van der Waals surface area contributed by atoms with Gasteiger partial charge >= 0.3 is 5.97 Å². The van der Waals surface area contributed by atoms with Gasteiger partial charge in [-0.2, -0.15) is 0 Å². The van der Waals surface area contributed by atoms with Crippen LogP contribution in [0, 0.1) is 5.92 Å². The molecule has 0 fully saturated rings. The lowest BCUT2D eigenvalue weighted by Gasteiger charge is -2.14. The van der Waals surface area contributed by atoms with Crippen molar-refractivity contribution in [1.82, 2.24) is 0 Å². The van der Waals surface area contributed by atoms with E-state index in [1.165, 1.54) is 13.2 Å². The van der Waals surface area contributed by atoms with E-state index in [0.29, 0.717) is 5.56 Å². The van der Waals surface area contributed by atoms with Crippen LogP contribution in [0.5, 0.6) is 5.75 Å². The van der Waals surface area contributed by atoms with Crippen molar-refractivity contribution in [1.29, 1.82) is 0 Å². The molecule has 0 bridgehead atoms. The van der Waals surface area contributed by atoms with Crippen LogP contribution >= 0.6 is 0 Å². The van der Waals surface area contributed by atoms with Gasteiger partial charge in [0.1, 0.15) is 10.6 Å². The molecular formula is C12H16O5S. The molecule has 0 spiro atoms. The van der Waals surface area contributed by atoms with Gasteiger partial charge < -0.3 is 9.84 Å². The summed E-state index contributed by atoms with van der Waals surface area (Å²) in [6, 6.07) is 4.71. The summed E-state index contributed by atoms with van der Waals surface area (Å²) in [6.07, 6.45) is 1.32. The van der Waals surface area contributed by atoms with Crippen LogP contribution in [0.3, 0.4) is 0 Å². The minimum absolute atomic E-state index is 0.0834. The topological polar surface area (TPSA) is 80.7 Å². The molecule has 5 nitrogen and oxygen atoms in total. The van der Waals surface area contributed by atoms with Crippen LogP contribution in [0.4, 0.5) is 0 Å². The molecule has 1 aromatic carbocycles. The Hall–Kier alpha value is -1.56. The van der Waals surface area contributed by atoms with Crippen molar-refractivity contribution in [3.8, 4) is 5.75 Å². The van der Waals surface area contributed by atoms with Crippen molar-refractivity contribution in [2.24, 2.45) is 5.92 Å². The van der Waals surface area contributed by atoms with Gasteiger partial charge in [0.15, 0.2) is 9.84 Å². The molecule has 1 unspecified atom stereocenters. The van der Waals surface area contributed by atoms with Crippen LogP contribution in [0.15, 0.2) is 23.1 Å². The fourth-order valence-electron chi connectivity index (χ4n) is 1.66. The van der Waals surface area contributed by atoms with Gasteiger partial charge in [-0.3, -0.25) is 4.79 Å². The highest BCUT2D eigenvalue weighted by Gasteiger charge is 2.20. The first-order chi connectivity index (χ1) is 8.27. The quantitative estimate of drug-likeness (QED) is 0.875. The molecule has 0 aliphatic carbocycles. The monoisotopic (exact) mass is 272 g/mol. The SMILES string of the molecule is COc1c(CC(C)C(=O)O)cccc1S(C)(=O)=O. The Morgan fingerprint density at radius 2 is 2.06 bits per heavy atom. The Kier molecular flexibility index (Phi) is 4.34. The summed E-state index contributed by atoms with van der Waals surface area (Å²) in [5.41, 5.74) is 0.579. The summed E-state index contributed by atoms with van der Waals surface area (Å²) in [5, 5.41) is 8.88. The molecule has 1 N–H and O–H groups in total. The van der Waals surface area contributed by atoms with E-state index in [-0.39, 0.29) is 17.1 Å². The third kappa shape index (κ3) is 3.22. The summed E-state index contributed by atoms with van der Waals surface area (Å²) in [6.45, 7) is 1.56. The first-order valence-electron chi connectivity index (χ1n) is 5.36. The number of para-hydroxylation sites is 1. The van der Waals surface area contributed by atoms with Gasteiger partial charge in [-0.25, -0.2) is 8.42 Å². The lowest BCUT2D eigenvalue weighted by atomic mass is 10.0. The lowest BCUT2D eigenvalue weighted by Crippen LogP contribution is -2.13. The highest BCUT2D eigenvalue weighted by molar-refractivity contribution is 7.90. The van der Waals surface area contributed by atoms with E-state index in [0.717, 1.165) is 6.26 Å². The predicted molar refractivity (Wildman–Crippen MR) is 66.6 cm³/mol. The van der Waals surface area contributed by atoms with Crippen molar-refractivity contribution in [2.75, 3.05) is 13.4 Å². The smallest absolute Gasteiger partial charge is 0.306 e. The van der Waals surface area contributed by atoms with E-state index in [1.54, 1.807) is 19.1 Å². The fraction of sp³-hybridized carbons (Fsp3) is 0.417. The molecule has 6 heteroatoms. The molecule has 0 aliphatic heterocycles. The molecule has 0 aromatic heterocycles. The molecule has 1 rings (SSSR count). The van der Waals surface area contributed by atoms with Crippen molar-refractivity contribution in [3.63, 3.8) is 0 Å². The maximum absolute atomic E-state index is 11.6. The number of sulfone groups is 1. The average molecular weight is 272 g/mol. The van der Waals surface area contributed by atoms with Crippen LogP contribution in [0.25, 0.3) is 0 Å². The number of carboxylic acid groups (broad SMARTS) is 1. The van der Waals surface area contributed by atoms with Crippen LogP contribution in [-0.2, 0) is 21.1 Å². The first kappa shape index (κ1) is 14.5. The minimum atomic E-state index is -3.40. The Labute approximate surface area is 106 Å². The minimum Gasteiger partial charge on any atom is -0.495 e. The molecule has 0 heterocycles. The van der Waals surface area contributed by atoms with Crippen LogP contribution in [-0.4, -0.2) is 32.9 Å². The molecule has 18 heavy (non-hydrogen) atoms. The number of aliphatic carboxylic acids is 1. The zero-order valence-electron chi connectivity index (χ0n) is 10.5. The molecule has 0 aliphatic rings. The number of benzene rings is 1. The molecular weight excluding hydrogens is 256 g/mol. The molecule has 1 atom stereocenters. The standard InChI is InChI=1S/C12H16O5S/c1-8(12(13)14)7-9-5-4-6-10(11(9)17-2)18(3,15)16/h4-6,8H,7H2,1-3H3,(H,13,14). The van der Waals surface area contributed by atoms with Crippen molar-refractivity contribution in [2.45, 2.75) is 18.2 Å². The molecule has 0 radical (unpaired) electrons. The second-order valence-corrected chi connectivity index (χ2v) is 6.15. The molecule has 0 saturated carbocycles. The summed E-state index contributed by atoms with van der Waals surface area (Å²) in [4.78, 5) is 10.9. The summed E-state index contributed by atoms with van der Waals surface area (Å²) < 4.78 is 28.3.